The Labute approximate surface area is 284 Å². The molecule has 4 heterocycles. The summed E-state index contributed by atoms with van der Waals surface area (Å²) >= 11 is 0. The SMILES string of the molecule is C=CCNC1CCC1/N=C\C(=N)c1cnn(C2CCN(C(=O)CCCCNc3ccc4c(c3)C(=O)N(C3CCC(=O)NC3=O)C4=O)CC2)c1. The largest absolute Gasteiger partial charge is 0.385 e. The van der Waals surface area contributed by atoms with Crippen LogP contribution in [0.5, 0.6) is 0 Å². The molecule has 6 rings (SSSR count). The first-order chi connectivity index (χ1) is 23.7. The molecule has 1 saturated carbocycles. The van der Waals surface area contributed by atoms with Crippen molar-refractivity contribution in [2.45, 2.75) is 82.0 Å². The average molecular weight is 670 g/mol. The lowest BCUT2D eigenvalue weighted by atomic mass is 9.87. The minimum atomic E-state index is -0.995. The molecule has 4 aliphatic rings. The second-order valence-corrected chi connectivity index (χ2v) is 13.1. The number of likely N-dealkylation sites (tertiary alicyclic amines) is 1. The molecular weight excluding hydrogens is 626 g/mol. The van der Waals surface area contributed by atoms with Gasteiger partial charge in [-0.25, -0.2) is 0 Å². The van der Waals surface area contributed by atoms with Crippen LogP contribution in [0.1, 0.15) is 90.1 Å². The molecule has 49 heavy (non-hydrogen) atoms. The molecule has 3 aliphatic heterocycles. The van der Waals surface area contributed by atoms with Crippen molar-refractivity contribution >= 4 is 47.1 Å². The second-order valence-electron chi connectivity index (χ2n) is 13.1. The molecule has 258 valence electrons. The van der Waals surface area contributed by atoms with Crippen molar-refractivity contribution in [1.29, 1.82) is 5.41 Å². The Bertz CT molecular complexity index is 1670. The molecule has 1 aromatic heterocycles. The quantitative estimate of drug-likeness (QED) is 0.102. The number of benzene rings is 1. The second kappa shape index (κ2) is 15.1. The lowest BCUT2D eigenvalue weighted by Gasteiger charge is -2.34. The van der Waals surface area contributed by atoms with Crippen molar-refractivity contribution < 1.29 is 24.0 Å². The number of aliphatic imine (C=N–C) groups is 1. The highest BCUT2D eigenvalue weighted by molar-refractivity contribution is 6.36. The van der Waals surface area contributed by atoms with Crippen LogP contribution >= 0.6 is 0 Å². The third-order valence-corrected chi connectivity index (χ3v) is 9.85. The van der Waals surface area contributed by atoms with Crippen molar-refractivity contribution in [2.75, 3.05) is 31.5 Å². The highest BCUT2D eigenvalue weighted by Gasteiger charge is 2.44. The van der Waals surface area contributed by atoms with Gasteiger partial charge >= 0.3 is 0 Å². The number of rotatable bonds is 14. The Balaban J connectivity index is 0.895. The van der Waals surface area contributed by atoms with Crippen molar-refractivity contribution in [2.24, 2.45) is 4.99 Å². The lowest BCUT2D eigenvalue weighted by Crippen LogP contribution is -2.54. The Morgan fingerprint density at radius 2 is 1.86 bits per heavy atom. The zero-order valence-electron chi connectivity index (χ0n) is 27.5. The van der Waals surface area contributed by atoms with Crippen LogP contribution in [-0.4, -0.2) is 105 Å². The van der Waals surface area contributed by atoms with Crippen molar-refractivity contribution in [3.05, 3.63) is 59.9 Å². The number of amides is 5. The fourth-order valence-electron chi connectivity index (χ4n) is 6.81. The Morgan fingerprint density at radius 3 is 2.59 bits per heavy atom. The van der Waals surface area contributed by atoms with E-state index in [0.29, 0.717) is 49.9 Å². The number of fused-ring (bicyclic) bond motifs is 1. The van der Waals surface area contributed by atoms with Crippen LogP contribution in [0, 0.1) is 5.41 Å². The predicted molar refractivity (Wildman–Crippen MR) is 183 cm³/mol. The van der Waals surface area contributed by atoms with Gasteiger partial charge in [-0.1, -0.05) is 6.08 Å². The number of hydrogen-bond donors (Lipinski definition) is 4. The topological polar surface area (TPSA) is 182 Å². The summed E-state index contributed by atoms with van der Waals surface area (Å²) in [6.45, 7) is 6.41. The molecule has 4 N–H and O–H groups in total. The van der Waals surface area contributed by atoms with E-state index in [1.54, 1.807) is 30.6 Å². The first-order valence-electron chi connectivity index (χ1n) is 17.1. The van der Waals surface area contributed by atoms with Gasteiger partial charge in [0.1, 0.15) is 6.04 Å². The van der Waals surface area contributed by atoms with Gasteiger partial charge in [-0.3, -0.25) is 49.3 Å². The van der Waals surface area contributed by atoms with Crippen LogP contribution in [0.25, 0.3) is 0 Å². The van der Waals surface area contributed by atoms with E-state index in [2.05, 4.69) is 32.6 Å². The number of imide groups is 2. The maximum atomic E-state index is 13.1. The van der Waals surface area contributed by atoms with E-state index >= 15 is 0 Å². The van der Waals surface area contributed by atoms with E-state index < -0.39 is 29.7 Å². The molecule has 3 atom stereocenters. The fourth-order valence-corrected chi connectivity index (χ4v) is 6.81. The Morgan fingerprint density at radius 1 is 1.06 bits per heavy atom. The third kappa shape index (κ3) is 7.53. The summed E-state index contributed by atoms with van der Waals surface area (Å²) in [5.41, 5.74) is 2.22. The standard InChI is InChI=1S/C35H43N9O5/c1-2-14-38-28-8-9-29(28)39-20-27(36)22-19-40-43(21-22)24-12-16-42(17-13-24)32(46)5-3-4-15-37-23-6-7-25-26(18-23)35(49)44(34(25)48)30-10-11-31(45)41-33(30)47/h2,6-7,18-21,24,28-30,36-38H,1,3-5,8-17H2,(H,41,45,47)/b36-27?,39-20-. The zero-order chi connectivity index (χ0) is 34.5. The molecule has 5 amide bonds. The number of nitrogens with zero attached hydrogens (tertiary/aromatic N) is 5. The maximum absolute atomic E-state index is 13.1. The molecular formula is C35H43N9O5. The molecule has 1 aromatic carbocycles. The minimum absolute atomic E-state index is 0.0731. The monoisotopic (exact) mass is 669 g/mol. The molecule has 1 aliphatic carbocycles. The fraction of sp³-hybridized carbons (Fsp3) is 0.486. The summed E-state index contributed by atoms with van der Waals surface area (Å²) in [6.07, 6.45) is 12.9. The smallest absolute Gasteiger partial charge is 0.262 e. The summed E-state index contributed by atoms with van der Waals surface area (Å²) in [6, 6.07) is 4.63. The van der Waals surface area contributed by atoms with Gasteiger partial charge in [-0.2, -0.15) is 5.10 Å². The summed E-state index contributed by atoms with van der Waals surface area (Å²) in [5, 5.41) is 21.8. The molecule has 0 spiro atoms. The highest BCUT2D eigenvalue weighted by Crippen LogP contribution is 2.30. The van der Waals surface area contributed by atoms with Gasteiger partial charge in [-0.15, -0.1) is 6.58 Å². The first kappa shape index (κ1) is 33.9. The van der Waals surface area contributed by atoms with Crippen LogP contribution in [0.2, 0.25) is 0 Å². The van der Waals surface area contributed by atoms with Crippen LogP contribution in [0.4, 0.5) is 5.69 Å². The third-order valence-electron chi connectivity index (χ3n) is 9.85. The van der Waals surface area contributed by atoms with Crippen LogP contribution < -0.4 is 16.0 Å². The minimum Gasteiger partial charge on any atom is -0.385 e. The van der Waals surface area contributed by atoms with E-state index in [-0.39, 0.29) is 42.0 Å². The van der Waals surface area contributed by atoms with Gasteiger partial charge in [0, 0.05) is 68.7 Å². The predicted octanol–water partition coefficient (Wildman–Crippen LogP) is 2.48. The number of nitrogens with one attached hydrogen (secondary N) is 4. The molecule has 0 bridgehead atoms. The van der Waals surface area contributed by atoms with Crippen molar-refractivity contribution in [3.63, 3.8) is 0 Å². The Hall–Kier alpha value is -4.98. The molecule has 0 radical (unpaired) electrons. The number of unbranched alkanes of at least 4 members (excludes halogenated alkanes) is 1. The lowest BCUT2D eigenvalue weighted by molar-refractivity contribution is -0.136. The van der Waals surface area contributed by atoms with Crippen LogP contribution in [0.3, 0.4) is 0 Å². The zero-order valence-corrected chi connectivity index (χ0v) is 27.5. The number of piperidine rings is 2. The summed E-state index contributed by atoms with van der Waals surface area (Å²) < 4.78 is 1.91. The van der Waals surface area contributed by atoms with E-state index in [1.807, 2.05) is 21.9 Å². The first-order valence-corrected chi connectivity index (χ1v) is 17.1. The Kier molecular flexibility index (Phi) is 10.4. The van der Waals surface area contributed by atoms with E-state index in [0.717, 1.165) is 49.1 Å². The number of hydrogen-bond acceptors (Lipinski definition) is 10. The van der Waals surface area contributed by atoms with Gasteiger partial charge in [0.25, 0.3) is 11.8 Å². The van der Waals surface area contributed by atoms with E-state index in [9.17, 15) is 24.0 Å². The van der Waals surface area contributed by atoms with Crippen LogP contribution in [0.15, 0.2) is 48.2 Å². The summed E-state index contributed by atoms with van der Waals surface area (Å²) in [4.78, 5) is 70.1. The highest BCUT2D eigenvalue weighted by atomic mass is 16.2. The number of anilines is 1. The molecule has 14 heteroatoms. The van der Waals surface area contributed by atoms with Gasteiger partial charge in [0.2, 0.25) is 17.7 Å². The summed E-state index contributed by atoms with van der Waals surface area (Å²) in [7, 11) is 0. The molecule has 3 unspecified atom stereocenters. The number of aromatic nitrogens is 2. The van der Waals surface area contributed by atoms with E-state index in [1.165, 1.54) is 0 Å². The van der Waals surface area contributed by atoms with Gasteiger partial charge < -0.3 is 15.5 Å². The van der Waals surface area contributed by atoms with Gasteiger partial charge in [0.15, 0.2) is 0 Å². The number of carbonyl (C=O) groups is 5. The molecule has 2 saturated heterocycles. The average Bonchev–Trinajstić information content (AvgIpc) is 3.68. The van der Waals surface area contributed by atoms with E-state index in [4.69, 9.17) is 5.41 Å². The summed E-state index contributed by atoms with van der Waals surface area (Å²) in [5.74, 6) is -1.99. The molecule has 3 fully saturated rings. The van der Waals surface area contributed by atoms with Gasteiger partial charge in [-0.05, 0) is 63.1 Å². The van der Waals surface area contributed by atoms with Crippen molar-refractivity contribution in [3.8, 4) is 0 Å². The normalized spacial score (nSPS) is 22.7. The maximum Gasteiger partial charge on any atom is 0.262 e. The van der Waals surface area contributed by atoms with Crippen molar-refractivity contribution in [1.82, 2.24) is 30.2 Å². The molecule has 14 nitrogen and oxygen atoms in total. The molecule has 2 aromatic rings. The van der Waals surface area contributed by atoms with Gasteiger partial charge in [0.05, 0.1) is 35.1 Å². The number of carbonyl (C=O) groups excluding carboxylic acids is 5. The van der Waals surface area contributed by atoms with Crippen LogP contribution in [-0.2, 0) is 14.4 Å².